The number of methoxy groups -OCH3 is 2. The zero-order chi connectivity index (χ0) is 16.2. The van der Waals surface area contributed by atoms with E-state index in [2.05, 4.69) is 10.3 Å². The first kappa shape index (κ1) is 14.8. The minimum absolute atomic E-state index is 0.238. The van der Waals surface area contributed by atoms with E-state index in [0.29, 0.717) is 22.7 Å². The van der Waals surface area contributed by atoms with Crippen LogP contribution in [0, 0.1) is 0 Å². The maximum atomic E-state index is 12.5. The molecule has 0 saturated heterocycles. The first-order chi connectivity index (χ1) is 11.2. The number of hydrogen-bond acceptors (Lipinski definition) is 4. The van der Waals surface area contributed by atoms with E-state index in [1.807, 2.05) is 24.3 Å². The summed E-state index contributed by atoms with van der Waals surface area (Å²) in [4.78, 5) is 16.8. The number of para-hydroxylation sites is 1. The number of pyridine rings is 1. The third-order valence-corrected chi connectivity index (χ3v) is 3.55. The molecule has 5 heteroatoms. The van der Waals surface area contributed by atoms with Gasteiger partial charge >= 0.3 is 0 Å². The molecule has 1 amide bonds. The second-order valence-corrected chi connectivity index (χ2v) is 4.90. The third kappa shape index (κ3) is 2.94. The predicted octanol–water partition coefficient (Wildman–Crippen LogP) is 3.50. The van der Waals surface area contributed by atoms with E-state index in [1.54, 1.807) is 44.7 Å². The van der Waals surface area contributed by atoms with E-state index in [4.69, 9.17) is 9.47 Å². The molecule has 5 nitrogen and oxygen atoms in total. The van der Waals surface area contributed by atoms with E-state index in [-0.39, 0.29) is 5.91 Å². The monoisotopic (exact) mass is 308 g/mol. The maximum Gasteiger partial charge on any atom is 0.259 e. The first-order valence-electron chi connectivity index (χ1n) is 7.10. The Bertz CT molecular complexity index is 862. The average Bonchev–Trinajstić information content (AvgIpc) is 2.61. The van der Waals surface area contributed by atoms with Crippen LogP contribution >= 0.6 is 0 Å². The average molecular weight is 308 g/mol. The Hall–Kier alpha value is -3.08. The molecule has 1 heterocycles. The number of nitrogens with one attached hydrogen (secondary N) is 1. The second-order valence-electron chi connectivity index (χ2n) is 4.90. The first-order valence-corrected chi connectivity index (χ1v) is 7.10. The minimum Gasteiger partial charge on any atom is -0.497 e. The van der Waals surface area contributed by atoms with E-state index in [1.165, 1.54) is 0 Å². The molecule has 116 valence electrons. The SMILES string of the molecule is COc1ccc2nccc(NC(=O)c3ccccc3OC)c2c1. The van der Waals surface area contributed by atoms with Crippen LogP contribution < -0.4 is 14.8 Å². The summed E-state index contributed by atoms with van der Waals surface area (Å²) in [6, 6.07) is 14.4. The Balaban J connectivity index is 1.99. The van der Waals surface area contributed by atoms with Gasteiger partial charge in [0.05, 0.1) is 31.0 Å². The number of carbonyl (C=O) groups excluding carboxylic acids is 1. The second kappa shape index (κ2) is 6.36. The van der Waals surface area contributed by atoms with Gasteiger partial charge in [-0.25, -0.2) is 0 Å². The van der Waals surface area contributed by atoms with Crippen LogP contribution in [-0.4, -0.2) is 25.1 Å². The summed E-state index contributed by atoms with van der Waals surface area (Å²) in [5.74, 6) is 0.997. The Morgan fingerprint density at radius 3 is 2.65 bits per heavy atom. The topological polar surface area (TPSA) is 60.5 Å². The zero-order valence-electron chi connectivity index (χ0n) is 12.9. The molecule has 0 saturated carbocycles. The lowest BCUT2D eigenvalue weighted by molar-refractivity contribution is 0.102. The minimum atomic E-state index is -0.238. The quantitative estimate of drug-likeness (QED) is 0.801. The number of benzene rings is 2. The van der Waals surface area contributed by atoms with Crippen LogP contribution in [0.3, 0.4) is 0 Å². The number of aromatic nitrogens is 1. The Morgan fingerprint density at radius 2 is 1.87 bits per heavy atom. The van der Waals surface area contributed by atoms with Crippen molar-refractivity contribution < 1.29 is 14.3 Å². The molecule has 0 aliphatic heterocycles. The largest absolute Gasteiger partial charge is 0.497 e. The Morgan fingerprint density at radius 1 is 1.04 bits per heavy atom. The molecule has 2 aromatic carbocycles. The van der Waals surface area contributed by atoms with E-state index < -0.39 is 0 Å². The van der Waals surface area contributed by atoms with Crippen molar-refractivity contribution in [3.05, 3.63) is 60.3 Å². The lowest BCUT2D eigenvalue weighted by Gasteiger charge is -2.11. The highest BCUT2D eigenvalue weighted by Crippen LogP contribution is 2.27. The van der Waals surface area contributed by atoms with Gasteiger partial charge in [0.15, 0.2) is 0 Å². The molecule has 0 unspecified atom stereocenters. The lowest BCUT2D eigenvalue weighted by atomic mass is 10.1. The zero-order valence-corrected chi connectivity index (χ0v) is 12.9. The van der Waals surface area contributed by atoms with Gasteiger partial charge in [-0.15, -0.1) is 0 Å². The summed E-state index contributed by atoms with van der Waals surface area (Å²) in [5, 5.41) is 3.73. The summed E-state index contributed by atoms with van der Waals surface area (Å²) < 4.78 is 10.5. The van der Waals surface area contributed by atoms with Crippen molar-refractivity contribution in [2.24, 2.45) is 0 Å². The van der Waals surface area contributed by atoms with Crippen molar-refractivity contribution in [1.82, 2.24) is 4.98 Å². The number of nitrogens with zero attached hydrogens (tertiary/aromatic N) is 1. The molecule has 3 aromatic rings. The fourth-order valence-corrected chi connectivity index (χ4v) is 2.38. The fraction of sp³-hybridized carbons (Fsp3) is 0.111. The summed E-state index contributed by atoms with van der Waals surface area (Å²) in [6.07, 6.45) is 1.66. The lowest BCUT2D eigenvalue weighted by Crippen LogP contribution is -2.13. The van der Waals surface area contributed by atoms with Crippen LogP contribution in [-0.2, 0) is 0 Å². The number of hydrogen-bond donors (Lipinski definition) is 1. The van der Waals surface area contributed by atoms with E-state index in [0.717, 1.165) is 10.9 Å². The number of anilines is 1. The van der Waals surface area contributed by atoms with Gasteiger partial charge in [0.2, 0.25) is 0 Å². The van der Waals surface area contributed by atoms with Crippen molar-refractivity contribution in [1.29, 1.82) is 0 Å². The van der Waals surface area contributed by atoms with Crippen LogP contribution in [0.1, 0.15) is 10.4 Å². The number of fused-ring (bicyclic) bond motifs is 1. The van der Waals surface area contributed by atoms with Gasteiger partial charge in [-0.2, -0.15) is 0 Å². The maximum absolute atomic E-state index is 12.5. The summed E-state index contributed by atoms with van der Waals surface area (Å²) in [6.45, 7) is 0. The Kier molecular flexibility index (Phi) is 4.10. The van der Waals surface area contributed by atoms with Gasteiger partial charge in [0, 0.05) is 11.6 Å². The van der Waals surface area contributed by atoms with Gasteiger partial charge in [-0.1, -0.05) is 12.1 Å². The van der Waals surface area contributed by atoms with Crippen LogP contribution in [0.5, 0.6) is 11.5 Å². The summed E-state index contributed by atoms with van der Waals surface area (Å²) >= 11 is 0. The van der Waals surface area contributed by atoms with E-state index in [9.17, 15) is 4.79 Å². The van der Waals surface area contributed by atoms with Crippen LogP contribution in [0.4, 0.5) is 5.69 Å². The highest BCUT2D eigenvalue weighted by atomic mass is 16.5. The summed E-state index contributed by atoms with van der Waals surface area (Å²) in [5.41, 5.74) is 1.93. The number of ether oxygens (including phenoxy) is 2. The van der Waals surface area contributed by atoms with Crippen molar-refractivity contribution in [3.63, 3.8) is 0 Å². The molecule has 0 aliphatic rings. The molecule has 23 heavy (non-hydrogen) atoms. The van der Waals surface area contributed by atoms with E-state index >= 15 is 0 Å². The highest BCUT2D eigenvalue weighted by molar-refractivity contribution is 6.10. The Labute approximate surface area is 133 Å². The third-order valence-electron chi connectivity index (χ3n) is 3.55. The van der Waals surface area contributed by atoms with Crippen molar-refractivity contribution in [2.75, 3.05) is 19.5 Å². The molecule has 1 aromatic heterocycles. The van der Waals surface area contributed by atoms with Crippen molar-refractivity contribution in [2.45, 2.75) is 0 Å². The van der Waals surface area contributed by atoms with Crippen molar-refractivity contribution >= 4 is 22.5 Å². The smallest absolute Gasteiger partial charge is 0.259 e. The van der Waals surface area contributed by atoms with Gasteiger partial charge in [0.25, 0.3) is 5.91 Å². The fourth-order valence-electron chi connectivity index (χ4n) is 2.38. The van der Waals surface area contributed by atoms with Gasteiger partial charge in [0.1, 0.15) is 11.5 Å². The molecule has 0 fully saturated rings. The molecule has 3 rings (SSSR count). The van der Waals surface area contributed by atoms with Crippen LogP contribution in [0.15, 0.2) is 54.7 Å². The van der Waals surface area contributed by atoms with Gasteiger partial charge in [-0.05, 0) is 36.4 Å². The number of amides is 1. The molecule has 0 atom stereocenters. The predicted molar refractivity (Wildman–Crippen MR) is 89.2 cm³/mol. The molecular formula is C18H16N2O3. The highest BCUT2D eigenvalue weighted by Gasteiger charge is 2.13. The normalized spacial score (nSPS) is 10.3. The molecule has 0 aliphatic carbocycles. The van der Waals surface area contributed by atoms with Gasteiger partial charge in [-0.3, -0.25) is 9.78 Å². The molecule has 1 N–H and O–H groups in total. The molecular weight excluding hydrogens is 292 g/mol. The summed E-state index contributed by atoms with van der Waals surface area (Å²) in [7, 11) is 3.14. The molecule has 0 radical (unpaired) electrons. The molecule has 0 bridgehead atoms. The number of carbonyl (C=O) groups is 1. The van der Waals surface area contributed by atoms with Crippen molar-refractivity contribution in [3.8, 4) is 11.5 Å². The molecule has 0 spiro atoms. The van der Waals surface area contributed by atoms with Gasteiger partial charge < -0.3 is 14.8 Å². The van der Waals surface area contributed by atoms with Crippen LogP contribution in [0.25, 0.3) is 10.9 Å². The number of rotatable bonds is 4. The standard InChI is InChI=1S/C18H16N2O3/c1-22-12-7-8-15-14(11-12)16(9-10-19-15)20-18(21)13-5-3-4-6-17(13)23-2/h3-11H,1-2H3,(H,19,20,21). The van der Waals surface area contributed by atoms with Crippen LogP contribution in [0.2, 0.25) is 0 Å².